The molecular formula is C11H16N4O3. The van der Waals surface area contributed by atoms with Gasteiger partial charge in [-0.2, -0.15) is 0 Å². The van der Waals surface area contributed by atoms with Crippen molar-refractivity contribution in [3.05, 3.63) is 22.2 Å². The molecule has 0 bridgehead atoms. The van der Waals surface area contributed by atoms with Gasteiger partial charge in [0.05, 0.1) is 11.0 Å². The van der Waals surface area contributed by atoms with Crippen molar-refractivity contribution in [1.82, 2.24) is 4.98 Å². The van der Waals surface area contributed by atoms with Crippen LogP contribution < -0.4 is 10.2 Å². The van der Waals surface area contributed by atoms with Gasteiger partial charge < -0.3 is 15.3 Å². The second kappa shape index (κ2) is 5.18. The molecule has 0 spiro atoms. The van der Waals surface area contributed by atoms with Crippen LogP contribution in [0.5, 0.6) is 0 Å². The van der Waals surface area contributed by atoms with Gasteiger partial charge in [-0.1, -0.05) is 0 Å². The standard InChI is InChI=1S/C11H16N4O3/c1-12-10-5-4-9(15(17)18)11(13-10)14-6-2-3-8(16)7-14/h4-5,8,16H,2-3,6-7H2,1H3,(H,12,13). The van der Waals surface area contributed by atoms with E-state index in [1.807, 2.05) is 0 Å². The first-order chi connectivity index (χ1) is 8.61. The minimum absolute atomic E-state index is 0.0249. The summed E-state index contributed by atoms with van der Waals surface area (Å²) >= 11 is 0. The Morgan fingerprint density at radius 1 is 1.61 bits per heavy atom. The number of rotatable bonds is 3. The number of hydrogen-bond acceptors (Lipinski definition) is 6. The molecule has 2 heterocycles. The molecule has 1 aliphatic heterocycles. The van der Waals surface area contributed by atoms with E-state index < -0.39 is 11.0 Å². The average molecular weight is 252 g/mol. The van der Waals surface area contributed by atoms with Crippen molar-refractivity contribution in [2.24, 2.45) is 0 Å². The molecule has 18 heavy (non-hydrogen) atoms. The third kappa shape index (κ3) is 2.51. The van der Waals surface area contributed by atoms with Crippen LogP contribution in [-0.2, 0) is 0 Å². The number of β-amino-alcohol motifs (C(OH)–C–C–N with tert-alkyl or cyclic N) is 1. The highest BCUT2D eigenvalue weighted by Crippen LogP contribution is 2.29. The van der Waals surface area contributed by atoms with Crippen LogP contribution in [0.3, 0.4) is 0 Å². The van der Waals surface area contributed by atoms with Crippen molar-refractivity contribution in [2.75, 3.05) is 30.4 Å². The summed E-state index contributed by atoms with van der Waals surface area (Å²) in [7, 11) is 1.71. The van der Waals surface area contributed by atoms with Crippen LogP contribution >= 0.6 is 0 Å². The number of piperidine rings is 1. The molecule has 0 aliphatic carbocycles. The molecule has 1 atom stereocenters. The molecule has 0 amide bonds. The molecule has 7 nitrogen and oxygen atoms in total. The lowest BCUT2D eigenvalue weighted by atomic mass is 10.1. The molecule has 0 saturated carbocycles. The highest BCUT2D eigenvalue weighted by molar-refractivity contribution is 5.62. The second-order valence-electron chi connectivity index (χ2n) is 4.29. The zero-order valence-electron chi connectivity index (χ0n) is 10.2. The molecule has 1 unspecified atom stereocenters. The predicted molar refractivity (Wildman–Crippen MR) is 67.9 cm³/mol. The Labute approximate surface area is 105 Å². The lowest BCUT2D eigenvalue weighted by Gasteiger charge is -2.30. The number of nitro groups is 1. The van der Waals surface area contributed by atoms with Crippen molar-refractivity contribution in [3.8, 4) is 0 Å². The monoisotopic (exact) mass is 252 g/mol. The number of hydrogen-bond donors (Lipinski definition) is 2. The van der Waals surface area contributed by atoms with Gasteiger partial charge in [-0.05, 0) is 18.9 Å². The normalized spacial score (nSPS) is 19.7. The molecule has 1 aromatic heterocycles. The van der Waals surface area contributed by atoms with Crippen LogP contribution in [0.4, 0.5) is 17.3 Å². The zero-order chi connectivity index (χ0) is 13.1. The van der Waals surface area contributed by atoms with E-state index in [0.29, 0.717) is 24.7 Å². The molecule has 1 aliphatic rings. The summed E-state index contributed by atoms with van der Waals surface area (Å²) < 4.78 is 0. The van der Waals surface area contributed by atoms with Gasteiger partial charge >= 0.3 is 5.69 Å². The number of pyridine rings is 1. The Morgan fingerprint density at radius 3 is 3.00 bits per heavy atom. The second-order valence-corrected chi connectivity index (χ2v) is 4.29. The summed E-state index contributed by atoms with van der Waals surface area (Å²) in [6, 6.07) is 3.01. The van der Waals surface area contributed by atoms with Gasteiger partial charge in [0, 0.05) is 26.2 Å². The van der Waals surface area contributed by atoms with Crippen molar-refractivity contribution < 1.29 is 10.0 Å². The van der Waals surface area contributed by atoms with Crippen molar-refractivity contribution in [1.29, 1.82) is 0 Å². The quantitative estimate of drug-likeness (QED) is 0.615. The fraction of sp³-hybridized carbons (Fsp3) is 0.545. The Balaban J connectivity index is 2.36. The summed E-state index contributed by atoms with van der Waals surface area (Å²) in [6.07, 6.45) is 1.10. The predicted octanol–water partition coefficient (Wildman–Crippen LogP) is 0.993. The minimum atomic E-state index is -0.446. The van der Waals surface area contributed by atoms with E-state index in [9.17, 15) is 15.2 Å². The van der Waals surface area contributed by atoms with Crippen LogP contribution in [0, 0.1) is 10.1 Å². The summed E-state index contributed by atoms with van der Waals surface area (Å²) in [5.74, 6) is 0.904. The SMILES string of the molecule is CNc1ccc([N+](=O)[O-])c(N2CCCC(O)C2)n1. The van der Waals surface area contributed by atoms with Gasteiger partial charge in [0.15, 0.2) is 0 Å². The van der Waals surface area contributed by atoms with Gasteiger partial charge in [-0.25, -0.2) is 4.98 Å². The summed E-state index contributed by atoms with van der Waals surface area (Å²) in [5.41, 5.74) is -0.0249. The number of aliphatic hydroxyl groups is 1. The lowest BCUT2D eigenvalue weighted by Crippen LogP contribution is -2.39. The van der Waals surface area contributed by atoms with E-state index in [0.717, 1.165) is 12.8 Å². The van der Waals surface area contributed by atoms with E-state index in [2.05, 4.69) is 10.3 Å². The Bertz CT molecular complexity index is 452. The molecule has 0 aromatic carbocycles. The largest absolute Gasteiger partial charge is 0.391 e. The average Bonchev–Trinajstić information content (AvgIpc) is 2.38. The molecule has 1 fully saturated rings. The van der Waals surface area contributed by atoms with Crippen molar-refractivity contribution in [2.45, 2.75) is 18.9 Å². The lowest BCUT2D eigenvalue weighted by molar-refractivity contribution is -0.384. The fourth-order valence-electron chi connectivity index (χ4n) is 2.10. The molecule has 0 radical (unpaired) electrons. The number of nitrogens with one attached hydrogen (secondary N) is 1. The van der Waals surface area contributed by atoms with Crippen molar-refractivity contribution >= 4 is 17.3 Å². The highest BCUT2D eigenvalue weighted by atomic mass is 16.6. The van der Waals surface area contributed by atoms with Crippen LogP contribution in [0.15, 0.2) is 12.1 Å². The molecule has 2 N–H and O–H groups in total. The van der Waals surface area contributed by atoms with Crippen LogP contribution in [0.1, 0.15) is 12.8 Å². The summed E-state index contributed by atoms with van der Waals surface area (Å²) in [4.78, 5) is 16.6. The number of aromatic nitrogens is 1. The first kappa shape index (κ1) is 12.6. The molecule has 1 aromatic rings. The summed E-state index contributed by atoms with van der Waals surface area (Å²) in [6.45, 7) is 1.07. The Hall–Kier alpha value is -1.89. The maximum atomic E-state index is 11.0. The van der Waals surface area contributed by atoms with Gasteiger partial charge in [-0.15, -0.1) is 0 Å². The minimum Gasteiger partial charge on any atom is -0.391 e. The third-order valence-corrected chi connectivity index (χ3v) is 3.00. The Morgan fingerprint density at radius 2 is 2.39 bits per heavy atom. The maximum absolute atomic E-state index is 11.0. The van der Waals surface area contributed by atoms with Crippen LogP contribution in [0.2, 0.25) is 0 Å². The number of anilines is 2. The topological polar surface area (TPSA) is 91.5 Å². The summed E-state index contributed by atoms with van der Waals surface area (Å²) in [5, 5.41) is 23.5. The van der Waals surface area contributed by atoms with E-state index in [4.69, 9.17) is 0 Å². The Kier molecular flexibility index (Phi) is 3.61. The van der Waals surface area contributed by atoms with Gasteiger partial charge in [0.2, 0.25) is 5.82 Å². The van der Waals surface area contributed by atoms with E-state index >= 15 is 0 Å². The molecule has 7 heteroatoms. The number of aliphatic hydroxyl groups excluding tert-OH is 1. The van der Waals surface area contributed by atoms with E-state index in [-0.39, 0.29) is 5.69 Å². The van der Waals surface area contributed by atoms with E-state index in [1.54, 1.807) is 18.0 Å². The first-order valence-electron chi connectivity index (χ1n) is 5.88. The van der Waals surface area contributed by atoms with Crippen LogP contribution in [-0.4, -0.2) is 41.3 Å². The smallest absolute Gasteiger partial charge is 0.311 e. The van der Waals surface area contributed by atoms with Gasteiger partial charge in [-0.3, -0.25) is 10.1 Å². The molecule has 2 rings (SSSR count). The maximum Gasteiger partial charge on any atom is 0.311 e. The molecule has 1 saturated heterocycles. The van der Waals surface area contributed by atoms with Gasteiger partial charge in [0.25, 0.3) is 0 Å². The number of nitrogens with zero attached hydrogens (tertiary/aromatic N) is 3. The molecular weight excluding hydrogens is 236 g/mol. The van der Waals surface area contributed by atoms with Gasteiger partial charge in [0.1, 0.15) is 5.82 Å². The zero-order valence-corrected chi connectivity index (χ0v) is 10.2. The fourth-order valence-corrected chi connectivity index (χ4v) is 2.10. The first-order valence-corrected chi connectivity index (χ1v) is 5.88. The molecule has 98 valence electrons. The van der Waals surface area contributed by atoms with Crippen LogP contribution in [0.25, 0.3) is 0 Å². The third-order valence-electron chi connectivity index (χ3n) is 3.00. The highest BCUT2D eigenvalue weighted by Gasteiger charge is 2.26. The van der Waals surface area contributed by atoms with Crippen molar-refractivity contribution in [3.63, 3.8) is 0 Å². The van der Waals surface area contributed by atoms with E-state index in [1.165, 1.54) is 6.07 Å².